The fraction of sp³-hybridized carbons (Fsp3) is 0.192. The molecule has 1 saturated heterocycles. The summed E-state index contributed by atoms with van der Waals surface area (Å²) >= 11 is 6.07. The number of halogens is 1. The van der Waals surface area contributed by atoms with E-state index in [0.717, 1.165) is 24.3 Å². The fourth-order valence-corrected chi connectivity index (χ4v) is 7.02. The zero-order valence-corrected chi connectivity index (χ0v) is 23.8. The van der Waals surface area contributed by atoms with Gasteiger partial charge in [-0.25, -0.2) is 16.8 Å². The highest BCUT2D eigenvalue weighted by Gasteiger charge is 2.31. The second kappa shape index (κ2) is 12.4. The number of nitro benzene ring substituents is 1. The molecule has 1 unspecified atom stereocenters. The summed E-state index contributed by atoms with van der Waals surface area (Å²) in [5.74, 6) is -0.721. The highest BCUT2D eigenvalue weighted by atomic mass is 35.5. The van der Waals surface area contributed by atoms with Crippen LogP contribution in [0.4, 0.5) is 17.1 Å². The molecule has 4 rings (SSSR count). The van der Waals surface area contributed by atoms with E-state index in [-0.39, 0.29) is 37.4 Å². The summed E-state index contributed by atoms with van der Waals surface area (Å²) in [5.41, 5.74) is -0.238. The van der Waals surface area contributed by atoms with E-state index in [1.54, 1.807) is 4.90 Å². The van der Waals surface area contributed by atoms with E-state index < -0.39 is 36.1 Å². The van der Waals surface area contributed by atoms with Gasteiger partial charge in [0.05, 0.1) is 39.2 Å². The van der Waals surface area contributed by atoms with Crippen LogP contribution in [-0.4, -0.2) is 64.2 Å². The minimum atomic E-state index is -4.22. The van der Waals surface area contributed by atoms with E-state index in [0.29, 0.717) is 26.3 Å². The number of nitrogens with one attached hydrogen (secondary N) is 2. The number of hydrogen-bond donors (Lipinski definition) is 2. The predicted octanol–water partition coefficient (Wildman–Crippen LogP) is 3.92. The van der Waals surface area contributed by atoms with Crippen molar-refractivity contribution in [2.75, 3.05) is 36.3 Å². The van der Waals surface area contributed by atoms with Gasteiger partial charge in [0.25, 0.3) is 21.6 Å². The van der Waals surface area contributed by atoms with Crippen molar-refractivity contribution in [3.8, 4) is 0 Å². The van der Waals surface area contributed by atoms with Crippen LogP contribution in [0.1, 0.15) is 10.4 Å². The fourth-order valence-electron chi connectivity index (χ4n) is 4.11. The first kappa shape index (κ1) is 30.1. The molecule has 2 N–H and O–H groups in total. The first-order valence-electron chi connectivity index (χ1n) is 12.1. The average molecular weight is 621 g/mol. The van der Waals surface area contributed by atoms with E-state index in [1.165, 1.54) is 48.5 Å². The Balaban J connectivity index is 1.53. The number of nitro groups is 1. The number of non-ortho nitro benzene ring substituents is 1. The highest BCUT2D eigenvalue weighted by molar-refractivity contribution is 7.92. The van der Waals surface area contributed by atoms with Gasteiger partial charge < -0.3 is 10.1 Å². The van der Waals surface area contributed by atoms with Crippen LogP contribution >= 0.6 is 11.6 Å². The van der Waals surface area contributed by atoms with Gasteiger partial charge >= 0.3 is 0 Å². The second-order valence-electron chi connectivity index (χ2n) is 8.84. The number of hydrogen-bond acceptors (Lipinski definition) is 9. The van der Waals surface area contributed by atoms with Gasteiger partial charge in [-0.05, 0) is 54.6 Å². The van der Waals surface area contributed by atoms with Crippen molar-refractivity contribution in [2.24, 2.45) is 0 Å². The van der Waals surface area contributed by atoms with Gasteiger partial charge in [0.1, 0.15) is 5.37 Å². The minimum absolute atomic E-state index is 0.0335. The number of ether oxygens (including phenoxy) is 1. The van der Waals surface area contributed by atoms with Crippen LogP contribution < -0.4 is 10.0 Å². The van der Waals surface area contributed by atoms with Gasteiger partial charge in [0, 0.05) is 35.9 Å². The van der Waals surface area contributed by atoms with Crippen molar-refractivity contribution in [2.45, 2.75) is 15.2 Å². The van der Waals surface area contributed by atoms with Crippen LogP contribution in [0, 0.1) is 10.1 Å². The highest BCUT2D eigenvalue weighted by Crippen LogP contribution is 2.27. The summed E-state index contributed by atoms with van der Waals surface area (Å²) in [7, 11) is -8.03. The minimum Gasteiger partial charge on any atom is -0.379 e. The lowest BCUT2D eigenvalue weighted by Crippen LogP contribution is -2.46. The lowest BCUT2D eigenvalue weighted by Gasteiger charge is -2.32. The van der Waals surface area contributed by atoms with Crippen LogP contribution in [0.25, 0.3) is 0 Å². The van der Waals surface area contributed by atoms with Crippen LogP contribution in [0.2, 0.25) is 5.02 Å². The van der Waals surface area contributed by atoms with Crippen molar-refractivity contribution in [3.05, 3.63) is 100 Å². The number of sulfonamides is 1. The molecule has 3 aromatic rings. The maximum Gasteiger partial charge on any atom is 0.269 e. The standard InChI is InChI=1S/C26H25ClN4O8S2/c1-2-25(30-13-15-39-16-14-30)40(35,36)21-8-4-19(5-9-21)28-26(32)23-17-18(27)3-12-24(23)29-41(37,38)22-10-6-20(7-11-22)31(33)34/h2-12,17,25,29H,1,13-16H2,(H,28,32). The Morgan fingerprint density at radius 3 is 2.20 bits per heavy atom. The molecular weight excluding hydrogens is 596 g/mol. The van der Waals surface area contributed by atoms with E-state index in [2.05, 4.69) is 16.6 Å². The summed E-state index contributed by atoms with van der Waals surface area (Å²) in [6, 6.07) is 13.7. The molecule has 0 aliphatic carbocycles. The number of carbonyl (C=O) groups excluding carboxylic acids is 1. The van der Waals surface area contributed by atoms with Crippen molar-refractivity contribution in [1.82, 2.24) is 4.90 Å². The number of benzene rings is 3. The molecule has 12 nitrogen and oxygen atoms in total. The molecule has 1 heterocycles. The molecule has 41 heavy (non-hydrogen) atoms. The number of rotatable bonds is 10. The Kier molecular flexibility index (Phi) is 9.09. The van der Waals surface area contributed by atoms with Gasteiger partial charge in [0.2, 0.25) is 0 Å². The first-order valence-corrected chi connectivity index (χ1v) is 15.5. The van der Waals surface area contributed by atoms with Crippen molar-refractivity contribution in [1.29, 1.82) is 0 Å². The largest absolute Gasteiger partial charge is 0.379 e. The Bertz CT molecular complexity index is 1670. The third-order valence-electron chi connectivity index (χ3n) is 6.19. The summed E-state index contributed by atoms with van der Waals surface area (Å²) in [4.78, 5) is 24.9. The third kappa shape index (κ3) is 6.92. The van der Waals surface area contributed by atoms with Crippen molar-refractivity contribution < 1.29 is 31.3 Å². The quantitative estimate of drug-likeness (QED) is 0.194. The van der Waals surface area contributed by atoms with Crippen molar-refractivity contribution >= 4 is 54.4 Å². The number of anilines is 2. The molecule has 15 heteroatoms. The smallest absolute Gasteiger partial charge is 0.269 e. The number of morpholine rings is 1. The Labute approximate surface area is 241 Å². The Hall–Kier alpha value is -3.82. The summed E-state index contributed by atoms with van der Waals surface area (Å²) in [5, 5.41) is 12.7. The summed E-state index contributed by atoms with van der Waals surface area (Å²) < 4.78 is 59.9. The molecule has 1 aliphatic heterocycles. The van der Waals surface area contributed by atoms with Gasteiger partial charge in [0.15, 0.2) is 9.84 Å². The molecule has 1 aliphatic rings. The van der Waals surface area contributed by atoms with Gasteiger partial charge in [-0.2, -0.15) is 0 Å². The van der Waals surface area contributed by atoms with Crippen LogP contribution in [0.3, 0.4) is 0 Å². The van der Waals surface area contributed by atoms with Gasteiger partial charge in [-0.1, -0.05) is 17.7 Å². The number of amides is 1. The van der Waals surface area contributed by atoms with E-state index in [9.17, 15) is 31.7 Å². The molecule has 0 saturated carbocycles. The third-order valence-corrected chi connectivity index (χ3v) is 9.87. The monoisotopic (exact) mass is 620 g/mol. The predicted molar refractivity (Wildman–Crippen MR) is 153 cm³/mol. The SMILES string of the molecule is C=CC(N1CCOCC1)S(=O)(=O)c1ccc(NC(=O)c2cc(Cl)ccc2NS(=O)(=O)c2ccc([N+](=O)[O-])cc2)cc1. The molecule has 0 spiro atoms. The lowest BCUT2D eigenvalue weighted by atomic mass is 10.1. The molecule has 1 amide bonds. The molecule has 216 valence electrons. The summed E-state index contributed by atoms with van der Waals surface area (Å²) in [6.07, 6.45) is 1.37. The van der Waals surface area contributed by atoms with Crippen LogP contribution in [0.15, 0.2) is 89.2 Å². The van der Waals surface area contributed by atoms with Gasteiger partial charge in [-0.3, -0.25) is 24.5 Å². The zero-order chi connectivity index (χ0) is 29.8. The zero-order valence-electron chi connectivity index (χ0n) is 21.4. The van der Waals surface area contributed by atoms with E-state index in [1.807, 2.05) is 0 Å². The maximum absolute atomic E-state index is 13.2. The first-order chi connectivity index (χ1) is 19.4. The normalized spacial score (nSPS) is 15.0. The molecule has 1 fully saturated rings. The molecule has 0 radical (unpaired) electrons. The molecule has 1 atom stereocenters. The van der Waals surface area contributed by atoms with Crippen LogP contribution in [0.5, 0.6) is 0 Å². The molecule has 3 aromatic carbocycles. The van der Waals surface area contributed by atoms with E-state index >= 15 is 0 Å². The summed E-state index contributed by atoms with van der Waals surface area (Å²) in [6.45, 7) is 5.41. The van der Waals surface area contributed by atoms with Crippen LogP contribution in [-0.2, 0) is 24.6 Å². The topological polar surface area (TPSA) is 165 Å². The van der Waals surface area contributed by atoms with E-state index in [4.69, 9.17) is 16.3 Å². The molecular formula is C26H25ClN4O8S2. The lowest BCUT2D eigenvalue weighted by molar-refractivity contribution is -0.384. The Morgan fingerprint density at radius 1 is 1.00 bits per heavy atom. The molecule has 0 bridgehead atoms. The number of nitrogens with zero attached hydrogens (tertiary/aromatic N) is 2. The second-order valence-corrected chi connectivity index (χ2v) is 13.0. The van der Waals surface area contributed by atoms with Gasteiger partial charge in [-0.15, -0.1) is 6.58 Å². The average Bonchev–Trinajstić information content (AvgIpc) is 2.95. The number of sulfone groups is 1. The molecule has 0 aromatic heterocycles. The Morgan fingerprint density at radius 2 is 1.61 bits per heavy atom. The maximum atomic E-state index is 13.2. The van der Waals surface area contributed by atoms with Crippen molar-refractivity contribution in [3.63, 3.8) is 0 Å². The number of carbonyl (C=O) groups is 1.